The van der Waals surface area contributed by atoms with Crippen LogP contribution in [0.1, 0.15) is 21.0 Å². The lowest BCUT2D eigenvalue weighted by Gasteiger charge is -2.08. The van der Waals surface area contributed by atoms with E-state index in [-0.39, 0.29) is 11.6 Å². The summed E-state index contributed by atoms with van der Waals surface area (Å²) in [6.45, 7) is 0. The summed E-state index contributed by atoms with van der Waals surface area (Å²) in [7, 11) is 0. The van der Waals surface area contributed by atoms with Crippen molar-refractivity contribution in [3.63, 3.8) is 0 Å². The van der Waals surface area contributed by atoms with Crippen LogP contribution in [0.25, 0.3) is 6.08 Å². The molecule has 0 aliphatic carbocycles. The normalized spacial score (nSPS) is 11.6. The molecule has 0 atom stereocenters. The van der Waals surface area contributed by atoms with Crippen molar-refractivity contribution in [3.8, 4) is 0 Å². The van der Waals surface area contributed by atoms with Crippen molar-refractivity contribution >= 4 is 67.3 Å². The lowest BCUT2D eigenvalue weighted by atomic mass is 10.2. The van der Waals surface area contributed by atoms with Gasteiger partial charge in [0.2, 0.25) is 0 Å². The summed E-state index contributed by atoms with van der Waals surface area (Å²) in [5, 5.41) is 8.40. The maximum Gasteiger partial charge on any atom is 0.287 e. The standard InChI is InChI=1S/C19H13Br2N3O3S/c20-15-9-13(27-17(15)21)11-22-24-19(26)16(10-14-7-4-8-28-14)23-18(25)12-5-2-1-3-6-12/h1-11H,(H,23,25)(H,24,26). The van der Waals surface area contributed by atoms with E-state index in [1.165, 1.54) is 17.6 Å². The van der Waals surface area contributed by atoms with Crippen molar-refractivity contribution in [1.29, 1.82) is 0 Å². The zero-order valence-corrected chi connectivity index (χ0v) is 18.2. The number of carbonyl (C=O) groups excluding carboxylic acids is 2. The van der Waals surface area contributed by atoms with E-state index in [2.05, 4.69) is 47.7 Å². The number of amides is 2. The first-order valence-corrected chi connectivity index (χ1v) is 10.4. The van der Waals surface area contributed by atoms with Crippen LogP contribution in [0.4, 0.5) is 0 Å². The second kappa shape index (κ2) is 9.63. The van der Waals surface area contributed by atoms with Gasteiger partial charge in [-0.05, 0) is 61.5 Å². The minimum Gasteiger partial charge on any atom is -0.447 e. The Morgan fingerprint density at radius 2 is 1.89 bits per heavy atom. The fourth-order valence-electron chi connectivity index (χ4n) is 2.10. The van der Waals surface area contributed by atoms with Crippen molar-refractivity contribution in [1.82, 2.24) is 10.7 Å². The first-order chi connectivity index (χ1) is 13.5. The van der Waals surface area contributed by atoms with Crippen molar-refractivity contribution in [2.45, 2.75) is 0 Å². The van der Waals surface area contributed by atoms with E-state index >= 15 is 0 Å². The Kier molecular flexibility index (Phi) is 6.96. The summed E-state index contributed by atoms with van der Waals surface area (Å²) in [5.74, 6) is -0.504. The smallest absolute Gasteiger partial charge is 0.287 e. The average molecular weight is 523 g/mol. The largest absolute Gasteiger partial charge is 0.447 e. The Morgan fingerprint density at radius 3 is 2.54 bits per heavy atom. The third-order valence-electron chi connectivity index (χ3n) is 3.38. The highest BCUT2D eigenvalue weighted by Gasteiger charge is 2.14. The number of hydrazone groups is 1. The fraction of sp³-hybridized carbons (Fsp3) is 0. The number of nitrogens with zero attached hydrogens (tertiary/aromatic N) is 1. The number of rotatable bonds is 6. The molecule has 2 aromatic heterocycles. The molecule has 2 N–H and O–H groups in total. The Morgan fingerprint density at radius 1 is 1.11 bits per heavy atom. The van der Waals surface area contributed by atoms with Crippen LogP contribution in [0.2, 0.25) is 0 Å². The Balaban J connectivity index is 1.74. The lowest BCUT2D eigenvalue weighted by Crippen LogP contribution is -2.32. The van der Waals surface area contributed by atoms with Crippen LogP contribution < -0.4 is 10.7 Å². The maximum absolute atomic E-state index is 12.5. The molecule has 2 heterocycles. The molecule has 0 spiro atoms. The van der Waals surface area contributed by atoms with Gasteiger partial charge in [-0.2, -0.15) is 5.10 Å². The minimum atomic E-state index is -0.557. The summed E-state index contributed by atoms with van der Waals surface area (Å²) in [6.07, 6.45) is 2.95. The Labute approximate surface area is 181 Å². The van der Waals surface area contributed by atoms with E-state index in [0.29, 0.717) is 16.0 Å². The monoisotopic (exact) mass is 521 g/mol. The number of furan rings is 1. The number of nitrogens with one attached hydrogen (secondary N) is 2. The summed E-state index contributed by atoms with van der Waals surface area (Å²) in [4.78, 5) is 25.8. The first-order valence-electron chi connectivity index (χ1n) is 7.93. The number of halogens is 2. The van der Waals surface area contributed by atoms with Crippen molar-refractivity contribution in [2.24, 2.45) is 5.10 Å². The highest BCUT2D eigenvalue weighted by atomic mass is 79.9. The van der Waals surface area contributed by atoms with Gasteiger partial charge in [-0.3, -0.25) is 9.59 Å². The second-order valence-electron chi connectivity index (χ2n) is 5.36. The number of hydrogen-bond acceptors (Lipinski definition) is 5. The molecule has 28 heavy (non-hydrogen) atoms. The van der Waals surface area contributed by atoms with Gasteiger partial charge in [0.05, 0.1) is 10.7 Å². The molecule has 0 bridgehead atoms. The Hall–Kier alpha value is -2.49. The average Bonchev–Trinajstić information content (AvgIpc) is 3.31. The van der Waals surface area contributed by atoms with Crippen LogP contribution in [-0.4, -0.2) is 18.0 Å². The lowest BCUT2D eigenvalue weighted by molar-refractivity contribution is -0.117. The predicted molar refractivity (Wildman–Crippen MR) is 116 cm³/mol. The number of benzene rings is 1. The van der Waals surface area contributed by atoms with Crippen LogP contribution >= 0.6 is 43.2 Å². The van der Waals surface area contributed by atoms with Gasteiger partial charge in [0.25, 0.3) is 11.8 Å². The van der Waals surface area contributed by atoms with Gasteiger partial charge < -0.3 is 9.73 Å². The zero-order valence-electron chi connectivity index (χ0n) is 14.2. The highest BCUT2D eigenvalue weighted by Crippen LogP contribution is 2.25. The summed E-state index contributed by atoms with van der Waals surface area (Å²) in [5.41, 5.74) is 2.92. The molecule has 0 aliphatic rings. The van der Waals surface area contributed by atoms with E-state index in [1.54, 1.807) is 36.4 Å². The summed E-state index contributed by atoms with van der Waals surface area (Å²) >= 11 is 7.97. The van der Waals surface area contributed by atoms with Gasteiger partial charge in [0, 0.05) is 16.5 Å². The van der Waals surface area contributed by atoms with Crippen LogP contribution in [-0.2, 0) is 4.79 Å². The molecular formula is C19H13Br2N3O3S. The van der Waals surface area contributed by atoms with E-state index in [0.717, 1.165) is 9.35 Å². The molecule has 0 aliphatic heterocycles. The van der Waals surface area contributed by atoms with Crippen molar-refractivity contribution in [2.75, 3.05) is 0 Å². The molecule has 2 amide bonds. The molecular weight excluding hydrogens is 510 g/mol. The highest BCUT2D eigenvalue weighted by molar-refractivity contribution is 9.13. The van der Waals surface area contributed by atoms with Gasteiger partial charge in [-0.1, -0.05) is 24.3 Å². The second-order valence-corrected chi connectivity index (χ2v) is 7.92. The van der Waals surface area contributed by atoms with Crippen LogP contribution in [0.5, 0.6) is 0 Å². The van der Waals surface area contributed by atoms with Crippen molar-refractivity contribution < 1.29 is 14.0 Å². The molecule has 0 saturated heterocycles. The number of carbonyl (C=O) groups is 2. The molecule has 0 fully saturated rings. The minimum absolute atomic E-state index is 0.0789. The predicted octanol–water partition coefficient (Wildman–Crippen LogP) is 4.79. The molecule has 0 saturated carbocycles. The van der Waals surface area contributed by atoms with Gasteiger partial charge >= 0.3 is 0 Å². The van der Waals surface area contributed by atoms with Gasteiger partial charge in [-0.25, -0.2) is 5.43 Å². The van der Waals surface area contributed by atoms with Gasteiger partial charge in [-0.15, -0.1) is 11.3 Å². The molecule has 1 aromatic carbocycles. The quantitative estimate of drug-likeness (QED) is 0.277. The first kappa shape index (κ1) is 20.2. The van der Waals surface area contributed by atoms with E-state index in [4.69, 9.17) is 4.42 Å². The molecule has 3 aromatic rings. The molecule has 3 rings (SSSR count). The topological polar surface area (TPSA) is 83.7 Å². The summed E-state index contributed by atoms with van der Waals surface area (Å²) < 4.78 is 6.60. The third-order valence-corrected chi connectivity index (χ3v) is 5.91. The molecule has 0 unspecified atom stereocenters. The molecule has 6 nitrogen and oxygen atoms in total. The van der Waals surface area contributed by atoms with E-state index < -0.39 is 5.91 Å². The van der Waals surface area contributed by atoms with Gasteiger partial charge in [0.15, 0.2) is 4.67 Å². The number of thiophene rings is 1. The Bertz CT molecular complexity index is 1010. The van der Waals surface area contributed by atoms with Crippen molar-refractivity contribution in [3.05, 3.63) is 85.0 Å². The van der Waals surface area contributed by atoms with E-state index in [1.807, 2.05) is 23.6 Å². The van der Waals surface area contributed by atoms with Gasteiger partial charge in [0.1, 0.15) is 11.5 Å². The summed E-state index contributed by atoms with van der Waals surface area (Å²) in [6, 6.07) is 14.0. The third kappa shape index (κ3) is 5.51. The van der Waals surface area contributed by atoms with Crippen LogP contribution in [0.3, 0.4) is 0 Å². The molecule has 9 heteroatoms. The van der Waals surface area contributed by atoms with Crippen LogP contribution in [0, 0.1) is 0 Å². The molecule has 142 valence electrons. The molecule has 0 radical (unpaired) electrons. The van der Waals surface area contributed by atoms with Crippen LogP contribution in [0.15, 0.2) is 78.3 Å². The fourth-order valence-corrected chi connectivity index (χ4v) is 3.36. The number of hydrogen-bond donors (Lipinski definition) is 2. The zero-order chi connectivity index (χ0) is 19.9. The van der Waals surface area contributed by atoms with E-state index in [9.17, 15) is 9.59 Å². The maximum atomic E-state index is 12.5. The SMILES string of the molecule is O=C(NN=Cc1cc(Br)c(Br)o1)C(=Cc1cccs1)NC(=O)c1ccccc1.